The fourth-order valence-corrected chi connectivity index (χ4v) is 4.55. The van der Waals surface area contributed by atoms with E-state index in [0.29, 0.717) is 5.82 Å². The minimum atomic E-state index is 0.213. The molecule has 7 heteroatoms. The van der Waals surface area contributed by atoms with Gasteiger partial charge < -0.3 is 10.0 Å². The lowest BCUT2D eigenvalue weighted by Gasteiger charge is -2.21. The van der Waals surface area contributed by atoms with Gasteiger partial charge in [-0.3, -0.25) is 0 Å². The van der Waals surface area contributed by atoms with Crippen molar-refractivity contribution in [1.82, 2.24) is 24.5 Å². The first kappa shape index (κ1) is 13.9. The smallest absolute Gasteiger partial charge is 0.182 e. The highest BCUT2D eigenvalue weighted by molar-refractivity contribution is 7.19. The molecular weight excluding hydrogens is 322 g/mol. The van der Waals surface area contributed by atoms with Crippen molar-refractivity contribution in [2.45, 2.75) is 13.0 Å². The van der Waals surface area contributed by atoms with Crippen LogP contribution in [0.3, 0.4) is 0 Å². The van der Waals surface area contributed by atoms with Crippen LogP contribution in [0.1, 0.15) is 10.4 Å². The second-order valence-electron chi connectivity index (χ2n) is 6.17. The quantitative estimate of drug-likeness (QED) is 0.578. The summed E-state index contributed by atoms with van der Waals surface area (Å²) < 4.78 is 1.74. The minimum absolute atomic E-state index is 0.213. The van der Waals surface area contributed by atoms with Crippen LogP contribution in [0.4, 0.5) is 0 Å². The molecule has 1 aromatic carbocycles. The standard InChI is InChI=1S/C17H15N5OS/c1-21-6-5-12-13(8-21)24-17-14(12)16-19-15(20-22(16)9-18-17)10-3-2-4-11(23)7-10/h2-4,7,9,23H,5-6,8H2,1H3. The number of phenolic OH excluding ortho intramolecular Hbond substituents is 1. The van der Waals surface area contributed by atoms with Gasteiger partial charge in [0.2, 0.25) is 0 Å². The molecule has 0 atom stereocenters. The maximum atomic E-state index is 9.69. The van der Waals surface area contributed by atoms with Gasteiger partial charge in [0.15, 0.2) is 11.5 Å². The van der Waals surface area contributed by atoms with E-state index in [1.54, 1.807) is 40.4 Å². The Morgan fingerprint density at radius 3 is 3.08 bits per heavy atom. The molecule has 0 fully saturated rings. The van der Waals surface area contributed by atoms with E-state index in [0.717, 1.165) is 40.9 Å². The van der Waals surface area contributed by atoms with Crippen molar-refractivity contribution in [1.29, 1.82) is 0 Å². The highest BCUT2D eigenvalue weighted by atomic mass is 32.1. The number of rotatable bonds is 1. The van der Waals surface area contributed by atoms with Gasteiger partial charge in [0.05, 0.1) is 5.39 Å². The molecule has 120 valence electrons. The van der Waals surface area contributed by atoms with Crippen molar-refractivity contribution in [2.24, 2.45) is 0 Å². The summed E-state index contributed by atoms with van der Waals surface area (Å²) in [5.74, 6) is 0.818. The second-order valence-corrected chi connectivity index (χ2v) is 7.25. The van der Waals surface area contributed by atoms with Crippen LogP contribution in [0.2, 0.25) is 0 Å². The number of hydrogen-bond acceptors (Lipinski definition) is 6. The van der Waals surface area contributed by atoms with Crippen molar-refractivity contribution < 1.29 is 5.11 Å². The van der Waals surface area contributed by atoms with Gasteiger partial charge in [-0.25, -0.2) is 14.5 Å². The highest BCUT2D eigenvalue weighted by Crippen LogP contribution is 2.36. The van der Waals surface area contributed by atoms with Crippen LogP contribution in [0, 0.1) is 0 Å². The van der Waals surface area contributed by atoms with Crippen LogP contribution in [0.5, 0.6) is 5.75 Å². The van der Waals surface area contributed by atoms with E-state index in [2.05, 4.69) is 22.0 Å². The van der Waals surface area contributed by atoms with Crippen molar-refractivity contribution in [2.75, 3.05) is 13.6 Å². The molecule has 1 N–H and O–H groups in total. The van der Waals surface area contributed by atoms with E-state index in [1.165, 1.54) is 10.4 Å². The van der Waals surface area contributed by atoms with Crippen LogP contribution in [0.25, 0.3) is 27.3 Å². The molecule has 0 unspecified atom stereocenters. The molecular formula is C17H15N5OS. The Balaban J connectivity index is 1.76. The molecule has 0 spiro atoms. The molecule has 0 amide bonds. The third kappa shape index (κ3) is 2.02. The lowest BCUT2D eigenvalue weighted by molar-refractivity contribution is 0.318. The third-order valence-electron chi connectivity index (χ3n) is 4.47. The maximum absolute atomic E-state index is 9.69. The third-order valence-corrected chi connectivity index (χ3v) is 5.60. The van der Waals surface area contributed by atoms with E-state index in [4.69, 9.17) is 4.98 Å². The molecule has 0 aliphatic carbocycles. The SMILES string of the molecule is CN1CCc2c(sc3ncn4nc(-c5cccc(O)c5)nc4c23)C1. The predicted molar refractivity (Wildman–Crippen MR) is 93.3 cm³/mol. The molecule has 1 aliphatic rings. The summed E-state index contributed by atoms with van der Waals surface area (Å²) >= 11 is 1.75. The van der Waals surface area contributed by atoms with E-state index >= 15 is 0 Å². The number of likely N-dealkylation sites (N-methyl/N-ethyl adjacent to an activating group) is 1. The number of phenols is 1. The first-order chi connectivity index (χ1) is 11.7. The van der Waals surface area contributed by atoms with Gasteiger partial charge in [0.25, 0.3) is 0 Å². The molecule has 1 aliphatic heterocycles. The van der Waals surface area contributed by atoms with Crippen LogP contribution < -0.4 is 0 Å². The predicted octanol–water partition coefficient (Wildman–Crippen LogP) is 2.70. The Morgan fingerprint density at radius 2 is 2.21 bits per heavy atom. The van der Waals surface area contributed by atoms with Gasteiger partial charge in [-0.2, -0.15) is 0 Å². The molecule has 24 heavy (non-hydrogen) atoms. The Labute approximate surface area is 142 Å². The summed E-state index contributed by atoms with van der Waals surface area (Å²) in [6.07, 6.45) is 2.74. The minimum Gasteiger partial charge on any atom is -0.508 e. The number of hydrogen-bond donors (Lipinski definition) is 1. The first-order valence-electron chi connectivity index (χ1n) is 7.82. The average molecular weight is 337 g/mol. The number of aromatic nitrogens is 4. The summed E-state index contributed by atoms with van der Waals surface area (Å²) in [6, 6.07) is 7.02. The number of thiophene rings is 1. The monoisotopic (exact) mass is 337 g/mol. The van der Waals surface area contributed by atoms with Gasteiger partial charge in [0, 0.05) is 23.5 Å². The largest absolute Gasteiger partial charge is 0.508 e. The number of nitrogens with zero attached hydrogens (tertiary/aromatic N) is 5. The Kier molecular flexibility index (Phi) is 2.89. The molecule has 0 saturated carbocycles. The topological polar surface area (TPSA) is 66.6 Å². The number of fused-ring (bicyclic) bond motifs is 5. The van der Waals surface area contributed by atoms with Gasteiger partial charge in [-0.05, 0) is 31.2 Å². The summed E-state index contributed by atoms with van der Waals surface area (Å²) in [7, 11) is 2.15. The Bertz CT molecular complexity index is 1080. The van der Waals surface area contributed by atoms with Gasteiger partial charge in [-0.1, -0.05) is 12.1 Å². The fourth-order valence-electron chi connectivity index (χ4n) is 3.29. The number of benzene rings is 1. The maximum Gasteiger partial charge on any atom is 0.182 e. The zero-order chi connectivity index (χ0) is 16.3. The van der Waals surface area contributed by atoms with Crippen molar-refractivity contribution in [3.8, 4) is 17.1 Å². The van der Waals surface area contributed by atoms with Crippen LogP contribution >= 0.6 is 11.3 Å². The van der Waals surface area contributed by atoms with Crippen molar-refractivity contribution in [3.05, 3.63) is 41.0 Å². The van der Waals surface area contributed by atoms with E-state index < -0.39 is 0 Å². The summed E-state index contributed by atoms with van der Waals surface area (Å²) in [5.41, 5.74) is 3.01. The molecule has 3 aromatic heterocycles. The summed E-state index contributed by atoms with van der Waals surface area (Å²) in [5, 5.41) is 15.4. The average Bonchev–Trinajstić information content (AvgIpc) is 3.14. The Morgan fingerprint density at radius 1 is 1.29 bits per heavy atom. The van der Waals surface area contributed by atoms with Crippen LogP contribution in [-0.2, 0) is 13.0 Å². The van der Waals surface area contributed by atoms with Crippen LogP contribution in [-0.4, -0.2) is 43.2 Å². The summed E-state index contributed by atoms with van der Waals surface area (Å²) in [6.45, 7) is 2.02. The van der Waals surface area contributed by atoms with E-state index in [9.17, 15) is 5.11 Å². The zero-order valence-corrected chi connectivity index (χ0v) is 13.9. The molecule has 0 bridgehead atoms. The fraction of sp³-hybridized carbons (Fsp3) is 0.235. The van der Waals surface area contributed by atoms with E-state index in [1.807, 2.05) is 6.07 Å². The highest BCUT2D eigenvalue weighted by Gasteiger charge is 2.22. The van der Waals surface area contributed by atoms with Crippen molar-refractivity contribution in [3.63, 3.8) is 0 Å². The second kappa shape index (κ2) is 4.99. The first-order valence-corrected chi connectivity index (χ1v) is 8.64. The lowest BCUT2D eigenvalue weighted by atomic mass is 10.1. The summed E-state index contributed by atoms with van der Waals surface area (Å²) in [4.78, 5) is 14.1. The molecule has 6 nitrogen and oxygen atoms in total. The molecule has 0 radical (unpaired) electrons. The van der Waals surface area contributed by atoms with Gasteiger partial charge in [0.1, 0.15) is 16.9 Å². The van der Waals surface area contributed by atoms with Gasteiger partial charge in [-0.15, -0.1) is 16.4 Å². The molecule has 4 heterocycles. The Hall–Kier alpha value is -2.51. The van der Waals surface area contributed by atoms with Crippen molar-refractivity contribution >= 4 is 27.2 Å². The lowest BCUT2D eigenvalue weighted by Crippen LogP contribution is -2.25. The van der Waals surface area contributed by atoms with Crippen LogP contribution in [0.15, 0.2) is 30.6 Å². The zero-order valence-electron chi connectivity index (χ0n) is 13.1. The normalized spacial score (nSPS) is 15.2. The molecule has 4 aromatic rings. The van der Waals surface area contributed by atoms with E-state index in [-0.39, 0.29) is 5.75 Å². The molecule has 0 saturated heterocycles. The molecule has 5 rings (SSSR count). The van der Waals surface area contributed by atoms with Gasteiger partial charge >= 0.3 is 0 Å². The number of aromatic hydroxyl groups is 1.